The van der Waals surface area contributed by atoms with Crippen LogP contribution in [-0.4, -0.2) is 48.8 Å². The molecule has 5 aromatic rings. The quantitative estimate of drug-likeness (QED) is 0.194. The summed E-state index contributed by atoms with van der Waals surface area (Å²) in [6.07, 6.45) is 2.54. The van der Waals surface area contributed by atoms with E-state index in [0.29, 0.717) is 39.6 Å². The molecule has 216 valence electrons. The molecule has 1 amide bonds. The van der Waals surface area contributed by atoms with Crippen molar-refractivity contribution in [2.75, 3.05) is 29.5 Å². The molecule has 0 bridgehead atoms. The molecule has 11 nitrogen and oxygen atoms in total. The summed E-state index contributed by atoms with van der Waals surface area (Å²) in [6, 6.07) is 15.7. The highest BCUT2D eigenvalue weighted by Gasteiger charge is 2.20. The number of rotatable bonds is 9. The van der Waals surface area contributed by atoms with Gasteiger partial charge in [-0.2, -0.15) is 10.1 Å². The fourth-order valence-electron chi connectivity index (χ4n) is 5.14. The minimum Gasteiger partial charge on any atom is -0.382 e. The summed E-state index contributed by atoms with van der Waals surface area (Å²) in [5.74, 6) is 0.753. The third-order valence-electron chi connectivity index (χ3n) is 7.23. The molecular weight excluding hydrogens is 550 g/mol. The van der Waals surface area contributed by atoms with E-state index in [9.17, 15) is 4.79 Å². The number of nitrogens with zero attached hydrogens (tertiary/aromatic N) is 6. The summed E-state index contributed by atoms with van der Waals surface area (Å²) in [5.41, 5.74) is 12.1. The number of hydrogen-bond donors (Lipinski definition) is 3. The van der Waals surface area contributed by atoms with Crippen LogP contribution in [0.25, 0.3) is 22.2 Å². The van der Waals surface area contributed by atoms with Crippen molar-refractivity contribution in [3.05, 3.63) is 71.0 Å². The van der Waals surface area contributed by atoms with Gasteiger partial charge in [0.2, 0.25) is 5.82 Å². The number of amides is 1. The molecule has 4 heterocycles. The number of aromatic nitrogens is 5. The Bertz CT molecular complexity index is 1730. The van der Waals surface area contributed by atoms with Crippen molar-refractivity contribution < 1.29 is 9.32 Å². The van der Waals surface area contributed by atoms with Crippen molar-refractivity contribution in [2.45, 2.75) is 46.7 Å². The van der Waals surface area contributed by atoms with E-state index in [2.05, 4.69) is 47.9 Å². The number of benzene rings is 2. The second-order valence-corrected chi connectivity index (χ2v) is 11.4. The molecule has 0 radical (unpaired) electrons. The lowest BCUT2D eigenvalue weighted by Crippen LogP contribution is -2.18. The zero-order valence-corrected chi connectivity index (χ0v) is 24.7. The molecule has 42 heavy (non-hydrogen) atoms. The van der Waals surface area contributed by atoms with Crippen LogP contribution in [0.1, 0.15) is 47.1 Å². The number of carbonyl (C=O) groups is 1. The third kappa shape index (κ3) is 5.90. The number of likely N-dealkylation sites (tertiary alicyclic amines) is 1. The van der Waals surface area contributed by atoms with Crippen LogP contribution in [0.15, 0.2) is 53.1 Å². The van der Waals surface area contributed by atoms with Crippen molar-refractivity contribution in [2.24, 2.45) is 0 Å². The molecule has 1 fully saturated rings. The van der Waals surface area contributed by atoms with Crippen LogP contribution in [0.3, 0.4) is 0 Å². The fraction of sp³-hybridized carbons (Fsp3) is 0.300. The molecule has 1 saturated heterocycles. The Kier molecular flexibility index (Phi) is 7.72. The standard InChI is InChI=1S/C30H33N9O2S/c1-4-39-24(14-19(3)36-39)28(40)32-22-11-10-18(2)23(16-22)27-35-29(41-37-27)25-26(31)34-30(42-25)33-21-9-7-8-20(15-21)17-38-12-5-6-13-38/h7-11,14-16H,4-6,12-13,17,31H2,1-3H3,(H,32,40)(H,33,34). The molecule has 3 aromatic heterocycles. The van der Waals surface area contributed by atoms with Gasteiger partial charge in [0.25, 0.3) is 11.8 Å². The predicted molar refractivity (Wildman–Crippen MR) is 165 cm³/mol. The lowest BCUT2D eigenvalue weighted by Gasteiger charge is -2.15. The van der Waals surface area contributed by atoms with Gasteiger partial charge in [0.1, 0.15) is 16.4 Å². The van der Waals surface area contributed by atoms with Gasteiger partial charge < -0.3 is 20.9 Å². The average Bonchev–Trinajstić information content (AvgIpc) is 3.78. The van der Waals surface area contributed by atoms with Crippen LogP contribution in [0.4, 0.5) is 22.3 Å². The van der Waals surface area contributed by atoms with Crippen molar-refractivity contribution in [3.63, 3.8) is 0 Å². The Morgan fingerprint density at radius 2 is 1.90 bits per heavy atom. The number of anilines is 4. The molecule has 2 aromatic carbocycles. The summed E-state index contributed by atoms with van der Waals surface area (Å²) < 4.78 is 7.30. The molecule has 12 heteroatoms. The maximum Gasteiger partial charge on any atom is 0.273 e. The zero-order chi connectivity index (χ0) is 29.2. The third-order valence-corrected chi connectivity index (χ3v) is 8.20. The Morgan fingerprint density at radius 3 is 2.71 bits per heavy atom. The minimum absolute atomic E-state index is 0.236. The highest BCUT2D eigenvalue weighted by atomic mass is 32.1. The molecule has 0 aliphatic carbocycles. The zero-order valence-electron chi connectivity index (χ0n) is 23.8. The molecule has 1 aliphatic heterocycles. The van der Waals surface area contributed by atoms with Crippen LogP contribution in [-0.2, 0) is 13.1 Å². The lowest BCUT2D eigenvalue weighted by molar-refractivity contribution is 0.101. The largest absolute Gasteiger partial charge is 0.382 e. The van der Waals surface area contributed by atoms with E-state index in [1.54, 1.807) is 10.7 Å². The summed E-state index contributed by atoms with van der Waals surface area (Å²) in [6.45, 7) is 9.61. The maximum absolute atomic E-state index is 12.9. The molecule has 6 rings (SSSR count). The van der Waals surface area contributed by atoms with Crippen LogP contribution < -0.4 is 16.4 Å². The first-order valence-corrected chi connectivity index (χ1v) is 14.8. The molecule has 0 unspecified atom stereocenters. The SMILES string of the molecule is CCn1nc(C)cc1C(=O)Nc1ccc(C)c(-c2noc(-c3sc(Nc4cccc(CN5CCCC5)c4)nc3N)n2)c1. The number of nitrogens with one attached hydrogen (secondary N) is 2. The summed E-state index contributed by atoms with van der Waals surface area (Å²) in [7, 11) is 0. The number of nitrogen functional groups attached to an aromatic ring is 1. The molecular formula is C30H33N9O2S. The fourth-order valence-corrected chi connectivity index (χ4v) is 5.97. The Balaban J connectivity index is 1.18. The topological polar surface area (TPSA) is 140 Å². The van der Waals surface area contributed by atoms with Gasteiger partial charge in [-0.1, -0.05) is 34.7 Å². The number of nitrogens with two attached hydrogens (primary N) is 1. The van der Waals surface area contributed by atoms with Crippen molar-refractivity contribution >= 4 is 39.6 Å². The first-order chi connectivity index (χ1) is 20.4. The van der Waals surface area contributed by atoms with Gasteiger partial charge in [-0.25, -0.2) is 4.98 Å². The van der Waals surface area contributed by atoms with Crippen LogP contribution >= 0.6 is 11.3 Å². The van der Waals surface area contributed by atoms with Gasteiger partial charge in [-0.15, -0.1) is 0 Å². The maximum atomic E-state index is 12.9. The van der Waals surface area contributed by atoms with Crippen LogP contribution in [0, 0.1) is 13.8 Å². The summed E-state index contributed by atoms with van der Waals surface area (Å²) >= 11 is 1.35. The van der Waals surface area contributed by atoms with E-state index in [0.717, 1.165) is 42.1 Å². The molecule has 0 spiro atoms. The van der Waals surface area contributed by atoms with Crippen LogP contribution in [0.2, 0.25) is 0 Å². The van der Waals surface area contributed by atoms with E-state index in [1.807, 2.05) is 51.1 Å². The number of aryl methyl sites for hydroxylation is 3. The normalized spacial score (nSPS) is 13.5. The summed E-state index contributed by atoms with van der Waals surface area (Å²) in [5, 5.41) is 15.5. The minimum atomic E-state index is -0.236. The van der Waals surface area contributed by atoms with Gasteiger partial charge in [-0.05, 0) is 88.2 Å². The molecule has 4 N–H and O–H groups in total. The number of thiazole rings is 1. The average molecular weight is 584 g/mol. The first-order valence-electron chi connectivity index (χ1n) is 14.0. The van der Waals surface area contributed by atoms with Gasteiger partial charge in [0.15, 0.2) is 5.13 Å². The van der Waals surface area contributed by atoms with E-state index in [4.69, 9.17) is 10.3 Å². The summed E-state index contributed by atoms with van der Waals surface area (Å²) in [4.78, 5) is 25.1. The molecule has 1 aliphatic rings. The van der Waals surface area contributed by atoms with E-state index < -0.39 is 0 Å². The van der Waals surface area contributed by atoms with E-state index in [-0.39, 0.29) is 11.8 Å². The predicted octanol–water partition coefficient (Wildman–Crippen LogP) is 5.87. The molecule has 0 saturated carbocycles. The Morgan fingerprint density at radius 1 is 1.07 bits per heavy atom. The first kappa shape index (κ1) is 27.6. The second-order valence-electron chi connectivity index (χ2n) is 10.4. The number of hydrogen-bond acceptors (Lipinski definition) is 10. The van der Waals surface area contributed by atoms with E-state index in [1.165, 1.54) is 29.7 Å². The van der Waals surface area contributed by atoms with Gasteiger partial charge in [0, 0.05) is 30.0 Å². The Labute approximate surface area is 247 Å². The highest BCUT2D eigenvalue weighted by molar-refractivity contribution is 7.19. The monoisotopic (exact) mass is 583 g/mol. The van der Waals surface area contributed by atoms with Crippen molar-refractivity contribution in [3.8, 4) is 22.2 Å². The Hall–Kier alpha value is -4.55. The van der Waals surface area contributed by atoms with Gasteiger partial charge in [0.05, 0.1) is 5.69 Å². The van der Waals surface area contributed by atoms with E-state index >= 15 is 0 Å². The number of carbonyl (C=O) groups excluding carboxylic acids is 1. The van der Waals surface area contributed by atoms with Crippen LogP contribution in [0.5, 0.6) is 0 Å². The van der Waals surface area contributed by atoms with Gasteiger partial charge in [-0.3, -0.25) is 14.4 Å². The highest BCUT2D eigenvalue weighted by Crippen LogP contribution is 2.37. The smallest absolute Gasteiger partial charge is 0.273 e. The van der Waals surface area contributed by atoms with Gasteiger partial charge >= 0.3 is 0 Å². The molecule has 0 atom stereocenters. The van der Waals surface area contributed by atoms with Crippen molar-refractivity contribution in [1.82, 2.24) is 29.8 Å². The van der Waals surface area contributed by atoms with Crippen molar-refractivity contribution in [1.29, 1.82) is 0 Å². The lowest BCUT2D eigenvalue weighted by atomic mass is 10.1. The second kappa shape index (κ2) is 11.7.